The Morgan fingerprint density at radius 2 is 1.73 bits per heavy atom. The number of phenols is 2. The molecule has 0 radical (unpaired) electrons. The summed E-state index contributed by atoms with van der Waals surface area (Å²) in [6.45, 7) is 4.74. The number of carbonyl (C=O) groups is 3. The highest BCUT2D eigenvalue weighted by Crippen LogP contribution is 2.42. The minimum atomic E-state index is -1.23. The van der Waals surface area contributed by atoms with E-state index in [4.69, 9.17) is 0 Å². The molecule has 7 nitrogen and oxygen atoms in total. The number of hydrogen-bond acceptors (Lipinski definition) is 6. The first-order chi connectivity index (χ1) is 14.3. The highest BCUT2D eigenvalue weighted by Gasteiger charge is 2.36. The van der Waals surface area contributed by atoms with Gasteiger partial charge in [-0.15, -0.1) is 0 Å². The van der Waals surface area contributed by atoms with Crippen molar-refractivity contribution in [2.45, 2.75) is 39.5 Å². The molecule has 7 heteroatoms. The van der Waals surface area contributed by atoms with Crippen LogP contribution >= 0.6 is 0 Å². The van der Waals surface area contributed by atoms with Gasteiger partial charge in [0.05, 0.1) is 22.4 Å². The second-order valence-electron chi connectivity index (χ2n) is 7.56. The third kappa shape index (κ3) is 3.75. The molecule has 0 aromatic heterocycles. The van der Waals surface area contributed by atoms with Crippen molar-refractivity contribution in [2.24, 2.45) is 5.92 Å². The number of carboxylic acid groups (broad SMARTS) is 1. The number of carboxylic acids is 1. The maximum absolute atomic E-state index is 13.0. The predicted molar refractivity (Wildman–Crippen MR) is 112 cm³/mol. The molecule has 4 N–H and O–H groups in total. The topological polar surface area (TPSA) is 124 Å². The van der Waals surface area contributed by atoms with Crippen molar-refractivity contribution < 1.29 is 29.7 Å². The van der Waals surface area contributed by atoms with E-state index >= 15 is 0 Å². The molecule has 0 amide bonds. The third-order valence-electron chi connectivity index (χ3n) is 5.61. The lowest BCUT2D eigenvalue weighted by Crippen LogP contribution is -2.23. The Hall–Kier alpha value is -3.35. The van der Waals surface area contributed by atoms with Crippen molar-refractivity contribution in [2.75, 3.05) is 11.9 Å². The number of phenolic OH excluding ortho intramolecular Hbond substituents is 2. The van der Waals surface area contributed by atoms with E-state index in [9.17, 15) is 29.7 Å². The molecule has 0 saturated carbocycles. The number of carbonyl (C=O) groups excluding carboxylic acids is 2. The van der Waals surface area contributed by atoms with Crippen LogP contribution < -0.4 is 5.32 Å². The second-order valence-corrected chi connectivity index (χ2v) is 7.56. The van der Waals surface area contributed by atoms with Gasteiger partial charge >= 0.3 is 5.97 Å². The molecule has 3 rings (SSSR count). The summed E-state index contributed by atoms with van der Waals surface area (Å²) in [4.78, 5) is 37.2. The third-order valence-corrected chi connectivity index (χ3v) is 5.61. The van der Waals surface area contributed by atoms with E-state index in [0.29, 0.717) is 12.5 Å². The van der Waals surface area contributed by atoms with Crippen LogP contribution in [-0.2, 0) is 0 Å². The fourth-order valence-electron chi connectivity index (χ4n) is 3.77. The van der Waals surface area contributed by atoms with Crippen molar-refractivity contribution >= 4 is 23.2 Å². The van der Waals surface area contributed by atoms with E-state index in [0.717, 1.165) is 31.7 Å². The molecule has 1 atom stereocenters. The molecule has 0 aliphatic heterocycles. The Kier molecular flexibility index (Phi) is 6.10. The van der Waals surface area contributed by atoms with Crippen LogP contribution in [0.25, 0.3) is 0 Å². The van der Waals surface area contributed by atoms with Gasteiger partial charge in [-0.25, -0.2) is 4.79 Å². The first-order valence-electron chi connectivity index (χ1n) is 10.1. The maximum Gasteiger partial charge on any atom is 0.335 e. The molecular weight excluding hydrogens is 386 g/mol. The fraction of sp³-hybridized carbons (Fsp3) is 0.348. The highest BCUT2D eigenvalue weighted by atomic mass is 16.4. The largest absolute Gasteiger partial charge is 0.507 e. The quantitative estimate of drug-likeness (QED) is 0.323. The van der Waals surface area contributed by atoms with Crippen LogP contribution in [0.4, 0.5) is 5.69 Å². The van der Waals surface area contributed by atoms with Crippen LogP contribution in [0, 0.1) is 5.92 Å². The van der Waals surface area contributed by atoms with Crippen LogP contribution in [0.2, 0.25) is 0 Å². The number of aromatic carboxylic acids is 1. The van der Waals surface area contributed by atoms with Gasteiger partial charge in [0.1, 0.15) is 5.75 Å². The predicted octanol–water partition coefficient (Wildman–Crippen LogP) is 4.20. The maximum atomic E-state index is 13.0. The zero-order chi connectivity index (χ0) is 22.0. The molecule has 0 saturated heterocycles. The van der Waals surface area contributed by atoms with Crippen molar-refractivity contribution in [1.82, 2.24) is 0 Å². The molecule has 1 unspecified atom stereocenters. The summed E-state index contributed by atoms with van der Waals surface area (Å²) in [5.41, 5.74) is -0.652. The Labute approximate surface area is 174 Å². The molecule has 2 aromatic carbocycles. The zero-order valence-electron chi connectivity index (χ0n) is 17.0. The highest BCUT2D eigenvalue weighted by molar-refractivity contribution is 6.31. The number of rotatable bonds is 8. The zero-order valence-corrected chi connectivity index (χ0v) is 17.0. The van der Waals surface area contributed by atoms with E-state index in [1.165, 1.54) is 18.2 Å². The van der Waals surface area contributed by atoms with Crippen LogP contribution in [0.5, 0.6) is 11.5 Å². The van der Waals surface area contributed by atoms with Gasteiger partial charge in [0.25, 0.3) is 0 Å². The minimum absolute atomic E-state index is 0.00137. The normalized spacial score (nSPS) is 13.5. The Morgan fingerprint density at radius 3 is 2.37 bits per heavy atom. The number of ketones is 2. The number of benzene rings is 2. The van der Waals surface area contributed by atoms with Gasteiger partial charge in [0, 0.05) is 23.7 Å². The molecule has 30 heavy (non-hydrogen) atoms. The van der Waals surface area contributed by atoms with Gasteiger partial charge in [-0.2, -0.15) is 0 Å². The Bertz CT molecular complexity index is 1030. The molecule has 1 aliphatic carbocycles. The lowest BCUT2D eigenvalue weighted by atomic mass is 9.82. The molecule has 0 bridgehead atoms. The first-order valence-corrected chi connectivity index (χ1v) is 10.1. The average Bonchev–Trinajstić information content (AvgIpc) is 2.73. The lowest BCUT2D eigenvalue weighted by Gasteiger charge is -2.23. The summed E-state index contributed by atoms with van der Waals surface area (Å²) in [5.74, 6) is -3.03. The number of anilines is 1. The van der Waals surface area contributed by atoms with Crippen molar-refractivity contribution in [3.05, 3.63) is 52.1 Å². The summed E-state index contributed by atoms with van der Waals surface area (Å²) < 4.78 is 0. The van der Waals surface area contributed by atoms with E-state index < -0.39 is 29.0 Å². The summed E-state index contributed by atoms with van der Waals surface area (Å²) in [7, 11) is 0. The molecule has 2 aromatic rings. The van der Waals surface area contributed by atoms with Gasteiger partial charge in [-0.3, -0.25) is 9.59 Å². The molecule has 0 spiro atoms. The van der Waals surface area contributed by atoms with Crippen LogP contribution in [0.3, 0.4) is 0 Å². The first kappa shape index (κ1) is 21.4. The monoisotopic (exact) mass is 411 g/mol. The molecule has 1 aliphatic rings. The number of unbranched alkanes of at least 4 members (excludes halogenated alkanes) is 1. The van der Waals surface area contributed by atoms with Gasteiger partial charge in [0.2, 0.25) is 0 Å². The van der Waals surface area contributed by atoms with E-state index in [1.807, 2.05) is 0 Å². The van der Waals surface area contributed by atoms with Gasteiger partial charge < -0.3 is 20.6 Å². The number of aromatic hydroxyl groups is 2. The van der Waals surface area contributed by atoms with E-state index in [2.05, 4.69) is 19.2 Å². The summed E-state index contributed by atoms with van der Waals surface area (Å²) in [6.07, 6.45) is 4.11. The number of nitrogens with one attached hydrogen (secondary N) is 1. The average molecular weight is 411 g/mol. The van der Waals surface area contributed by atoms with Crippen LogP contribution in [0.15, 0.2) is 24.3 Å². The van der Waals surface area contributed by atoms with Gasteiger partial charge in [0.15, 0.2) is 17.3 Å². The van der Waals surface area contributed by atoms with E-state index in [1.54, 1.807) is 0 Å². The Morgan fingerprint density at radius 1 is 1.03 bits per heavy atom. The van der Waals surface area contributed by atoms with E-state index in [-0.39, 0.29) is 33.5 Å². The molecule has 0 fully saturated rings. The molecular formula is C23H25NO6. The summed E-state index contributed by atoms with van der Waals surface area (Å²) >= 11 is 0. The SMILES string of the molecule is CCCCC(CC)CNc1cc(O)c2c(c1O)C(=O)c1cc(C(=O)O)ccc1C2=O. The summed E-state index contributed by atoms with van der Waals surface area (Å²) in [5, 5.41) is 33.5. The van der Waals surface area contributed by atoms with Crippen LogP contribution in [-0.4, -0.2) is 39.4 Å². The fourth-order valence-corrected chi connectivity index (χ4v) is 3.77. The molecule has 0 heterocycles. The number of fused-ring (bicyclic) bond motifs is 2. The minimum Gasteiger partial charge on any atom is -0.507 e. The van der Waals surface area contributed by atoms with Crippen LogP contribution in [0.1, 0.15) is 81.7 Å². The Balaban J connectivity index is 2.01. The lowest BCUT2D eigenvalue weighted by molar-refractivity contribution is 0.0696. The van der Waals surface area contributed by atoms with Gasteiger partial charge in [-0.1, -0.05) is 33.1 Å². The van der Waals surface area contributed by atoms with Gasteiger partial charge in [-0.05, 0) is 30.5 Å². The van der Waals surface area contributed by atoms with Crippen molar-refractivity contribution in [3.8, 4) is 11.5 Å². The van der Waals surface area contributed by atoms with Crippen molar-refractivity contribution in [1.29, 1.82) is 0 Å². The smallest absolute Gasteiger partial charge is 0.335 e. The number of hydrogen-bond donors (Lipinski definition) is 4. The second kappa shape index (κ2) is 8.57. The molecule has 158 valence electrons. The standard InChI is InChI=1S/C23H25NO6/c1-3-5-6-12(4-2)11-24-16-10-17(25)18-19(22(16)28)21(27)15-9-13(23(29)30)7-8-14(15)20(18)26/h7-10,12,24-25,28H,3-6,11H2,1-2H3,(H,29,30). The van der Waals surface area contributed by atoms with Crippen molar-refractivity contribution in [3.63, 3.8) is 0 Å². The summed E-state index contributed by atoms with van der Waals surface area (Å²) in [6, 6.07) is 4.85.